The average Bonchev–Trinajstić information content (AvgIpc) is 2.92. The summed E-state index contributed by atoms with van der Waals surface area (Å²) in [7, 11) is 1.56. The molecule has 0 atom stereocenters. The van der Waals surface area contributed by atoms with Gasteiger partial charge in [-0.3, -0.25) is 4.79 Å². The third kappa shape index (κ3) is 4.32. The number of hydrogen-bond acceptors (Lipinski definition) is 5. The van der Waals surface area contributed by atoms with Gasteiger partial charge in [0, 0.05) is 21.2 Å². The van der Waals surface area contributed by atoms with E-state index < -0.39 is 0 Å². The third-order valence-electron chi connectivity index (χ3n) is 3.55. The number of methoxy groups -OCH3 is 1. The molecule has 0 aliphatic carbocycles. The van der Waals surface area contributed by atoms with Gasteiger partial charge in [0.2, 0.25) is 0 Å². The topological polar surface area (TPSA) is 47.6 Å². The maximum atomic E-state index is 11.9. The molecule has 8 heteroatoms. The van der Waals surface area contributed by atoms with Crippen LogP contribution in [0.1, 0.15) is 11.1 Å². The third-order valence-corrected chi connectivity index (χ3v) is 5.29. The van der Waals surface area contributed by atoms with Crippen molar-refractivity contribution in [2.45, 2.75) is 6.61 Å². The summed E-state index contributed by atoms with van der Waals surface area (Å²) in [6.07, 6.45) is 1.72. The first-order valence-corrected chi connectivity index (χ1v) is 9.44. The normalized spacial score (nSPS) is 15.3. The Kier molecular flexibility index (Phi) is 6.09. The highest BCUT2D eigenvalue weighted by molar-refractivity contribution is 8.26. The molecule has 2 aromatic rings. The smallest absolute Gasteiger partial charge is 0.263 e. The lowest BCUT2D eigenvalue weighted by Crippen LogP contribution is -2.17. The number of thiocarbonyl (C=S) groups is 1. The van der Waals surface area contributed by atoms with Gasteiger partial charge in [-0.1, -0.05) is 65.4 Å². The minimum absolute atomic E-state index is 0.226. The molecular formula is C18H13Cl2NO3S2. The number of amides is 1. The van der Waals surface area contributed by atoms with Crippen molar-refractivity contribution < 1.29 is 14.3 Å². The largest absolute Gasteiger partial charge is 0.493 e. The van der Waals surface area contributed by atoms with Crippen LogP contribution in [0, 0.1) is 0 Å². The number of halogens is 2. The first kappa shape index (κ1) is 19.0. The Labute approximate surface area is 170 Å². The van der Waals surface area contributed by atoms with Gasteiger partial charge < -0.3 is 14.8 Å². The number of carbonyl (C=O) groups is 1. The van der Waals surface area contributed by atoms with Crippen molar-refractivity contribution in [2.75, 3.05) is 7.11 Å². The van der Waals surface area contributed by atoms with Crippen molar-refractivity contribution in [1.82, 2.24) is 5.32 Å². The number of benzene rings is 2. The quantitative estimate of drug-likeness (QED) is 0.535. The maximum absolute atomic E-state index is 11.9. The van der Waals surface area contributed by atoms with E-state index in [1.807, 2.05) is 12.1 Å². The Balaban J connectivity index is 1.91. The minimum atomic E-state index is -0.227. The zero-order valence-electron chi connectivity index (χ0n) is 13.5. The molecule has 1 N–H and O–H groups in total. The fourth-order valence-corrected chi connectivity index (χ4v) is 3.81. The van der Waals surface area contributed by atoms with E-state index in [1.54, 1.807) is 37.5 Å². The molecule has 0 spiro atoms. The highest BCUT2D eigenvalue weighted by atomic mass is 35.5. The van der Waals surface area contributed by atoms with Gasteiger partial charge in [-0.2, -0.15) is 0 Å². The van der Waals surface area contributed by atoms with Gasteiger partial charge in [0.05, 0.1) is 12.0 Å². The molecule has 1 aliphatic rings. The Morgan fingerprint density at radius 1 is 1.27 bits per heavy atom. The van der Waals surface area contributed by atoms with E-state index in [1.165, 1.54) is 11.8 Å². The highest BCUT2D eigenvalue weighted by Gasteiger charge is 2.23. The minimum Gasteiger partial charge on any atom is -0.493 e. The molecule has 2 aromatic carbocycles. The Bertz CT molecular complexity index is 915. The van der Waals surface area contributed by atoms with Gasteiger partial charge in [0.15, 0.2) is 11.5 Å². The number of thioether (sulfide) groups is 1. The zero-order valence-corrected chi connectivity index (χ0v) is 16.7. The van der Waals surface area contributed by atoms with Gasteiger partial charge in [0.1, 0.15) is 10.9 Å². The number of ether oxygens (including phenoxy) is 2. The van der Waals surface area contributed by atoms with E-state index in [2.05, 4.69) is 5.32 Å². The molecule has 0 aromatic heterocycles. The predicted octanol–water partition coefficient (Wildman–Crippen LogP) is 5.07. The summed E-state index contributed by atoms with van der Waals surface area (Å²) in [5.41, 5.74) is 1.49. The lowest BCUT2D eigenvalue weighted by Gasteiger charge is -2.14. The first-order chi connectivity index (χ1) is 12.5. The van der Waals surface area contributed by atoms with Crippen LogP contribution in [0.4, 0.5) is 0 Å². The summed E-state index contributed by atoms with van der Waals surface area (Å²) in [5, 5.41) is 3.67. The van der Waals surface area contributed by atoms with Crippen LogP contribution in [0.25, 0.3) is 6.08 Å². The molecule has 0 radical (unpaired) electrons. The number of hydrogen-bond donors (Lipinski definition) is 1. The van der Waals surface area contributed by atoms with Crippen LogP contribution in [0.3, 0.4) is 0 Å². The molecule has 134 valence electrons. The first-order valence-electron chi connectivity index (χ1n) is 7.46. The molecule has 4 nitrogen and oxygen atoms in total. The fourth-order valence-electron chi connectivity index (χ4n) is 2.31. The van der Waals surface area contributed by atoms with Crippen LogP contribution in [-0.4, -0.2) is 17.3 Å². The van der Waals surface area contributed by atoms with Gasteiger partial charge in [0.25, 0.3) is 5.91 Å². The van der Waals surface area contributed by atoms with Crippen LogP contribution in [-0.2, 0) is 11.4 Å². The van der Waals surface area contributed by atoms with Crippen molar-refractivity contribution in [2.24, 2.45) is 0 Å². The summed E-state index contributed by atoms with van der Waals surface area (Å²) in [6.45, 7) is 0.226. The van der Waals surface area contributed by atoms with E-state index >= 15 is 0 Å². The highest BCUT2D eigenvalue weighted by Crippen LogP contribution is 2.36. The van der Waals surface area contributed by atoms with Crippen LogP contribution in [0.5, 0.6) is 11.5 Å². The molecule has 0 bridgehead atoms. The van der Waals surface area contributed by atoms with Gasteiger partial charge in [-0.05, 0) is 24.3 Å². The van der Waals surface area contributed by atoms with Crippen molar-refractivity contribution in [3.05, 3.63) is 62.5 Å². The van der Waals surface area contributed by atoms with E-state index in [9.17, 15) is 4.79 Å². The van der Waals surface area contributed by atoms with Crippen LogP contribution >= 0.6 is 47.2 Å². The number of rotatable bonds is 5. The van der Waals surface area contributed by atoms with Crippen molar-refractivity contribution >= 4 is 63.5 Å². The molecule has 26 heavy (non-hydrogen) atoms. The Morgan fingerprint density at radius 3 is 2.73 bits per heavy atom. The average molecular weight is 426 g/mol. The molecule has 1 aliphatic heterocycles. The SMILES string of the molecule is COc1cccc(/C=C2\SC(=S)NC2=O)c1OCc1ccc(Cl)cc1Cl. The number of carbonyl (C=O) groups excluding carboxylic acids is 1. The zero-order chi connectivity index (χ0) is 18.7. The summed E-state index contributed by atoms with van der Waals surface area (Å²) in [5.74, 6) is 0.838. The number of para-hydroxylation sites is 1. The van der Waals surface area contributed by atoms with E-state index in [0.29, 0.717) is 36.3 Å². The second-order valence-electron chi connectivity index (χ2n) is 5.26. The lowest BCUT2D eigenvalue weighted by atomic mass is 10.1. The van der Waals surface area contributed by atoms with Crippen LogP contribution in [0.15, 0.2) is 41.3 Å². The molecule has 1 amide bonds. The molecule has 3 rings (SSSR count). The summed E-state index contributed by atoms with van der Waals surface area (Å²) >= 11 is 18.4. The Hall–Kier alpha value is -1.73. The van der Waals surface area contributed by atoms with Gasteiger partial charge in [-0.15, -0.1) is 0 Å². The molecule has 1 fully saturated rings. The monoisotopic (exact) mass is 425 g/mol. The van der Waals surface area contributed by atoms with Crippen molar-refractivity contribution in [1.29, 1.82) is 0 Å². The molecule has 0 unspecified atom stereocenters. The summed E-state index contributed by atoms with van der Waals surface area (Å²) in [4.78, 5) is 12.4. The maximum Gasteiger partial charge on any atom is 0.263 e. The van der Waals surface area contributed by atoms with E-state index in [0.717, 1.165) is 5.56 Å². The second-order valence-corrected chi connectivity index (χ2v) is 7.82. The van der Waals surface area contributed by atoms with Crippen LogP contribution in [0.2, 0.25) is 10.0 Å². The van der Waals surface area contributed by atoms with E-state index in [4.69, 9.17) is 44.9 Å². The van der Waals surface area contributed by atoms with Crippen molar-refractivity contribution in [3.8, 4) is 11.5 Å². The fraction of sp³-hybridized carbons (Fsp3) is 0.111. The molecule has 0 saturated carbocycles. The predicted molar refractivity (Wildman–Crippen MR) is 110 cm³/mol. The van der Waals surface area contributed by atoms with Crippen molar-refractivity contribution in [3.63, 3.8) is 0 Å². The second kappa shape index (κ2) is 8.31. The summed E-state index contributed by atoms with van der Waals surface area (Å²) in [6, 6.07) is 10.7. The summed E-state index contributed by atoms with van der Waals surface area (Å²) < 4.78 is 11.8. The van der Waals surface area contributed by atoms with Crippen LogP contribution < -0.4 is 14.8 Å². The van der Waals surface area contributed by atoms with Gasteiger partial charge in [-0.25, -0.2) is 0 Å². The Morgan fingerprint density at radius 2 is 2.08 bits per heavy atom. The molecule has 1 heterocycles. The number of nitrogens with one attached hydrogen (secondary N) is 1. The lowest BCUT2D eigenvalue weighted by molar-refractivity contribution is -0.115. The molecular weight excluding hydrogens is 413 g/mol. The standard InChI is InChI=1S/C18H13Cl2NO3S2/c1-23-14-4-2-3-10(7-15-17(22)21-18(25)26-15)16(14)24-9-11-5-6-12(19)8-13(11)20/h2-8H,9H2,1H3,(H,21,22,25)/b15-7-. The van der Waals surface area contributed by atoms with Gasteiger partial charge >= 0.3 is 0 Å². The molecule has 1 saturated heterocycles. The van der Waals surface area contributed by atoms with E-state index in [-0.39, 0.29) is 12.5 Å².